The molecule has 0 heterocycles. The summed E-state index contributed by atoms with van der Waals surface area (Å²) in [5.41, 5.74) is 21.4. The topological polar surface area (TPSA) is 38.4 Å². The van der Waals surface area contributed by atoms with Crippen LogP contribution in [-0.4, -0.2) is 5.84 Å². The Labute approximate surface area is 249 Å². The largest absolute Gasteiger partial charge is 0.383 e. The van der Waals surface area contributed by atoms with Crippen molar-refractivity contribution in [2.45, 2.75) is 44.9 Å². The summed E-state index contributed by atoms with van der Waals surface area (Å²) in [4.78, 5) is 5.06. The molecule has 2 heteroatoms. The minimum atomic E-state index is -0.147. The lowest BCUT2D eigenvalue weighted by Gasteiger charge is -2.25. The first kappa shape index (κ1) is 26.2. The molecule has 0 spiro atoms. The van der Waals surface area contributed by atoms with Crippen molar-refractivity contribution in [1.82, 2.24) is 0 Å². The summed E-state index contributed by atoms with van der Waals surface area (Å²) >= 11 is 0. The van der Waals surface area contributed by atoms with Crippen LogP contribution >= 0.6 is 0 Å². The molecule has 0 unspecified atom stereocenters. The molecule has 0 atom stereocenters. The van der Waals surface area contributed by atoms with Crippen molar-refractivity contribution >= 4 is 11.5 Å². The van der Waals surface area contributed by atoms with Crippen LogP contribution in [0.15, 0.2) is 132 Å². The van der Waals surface area contributed by atoms with E-state index in [4.69, 9.17) is 10.7 Å². The first-order valence-corrected chi connectivity index (χ1v) is 14.8. The van der Waals surface area contributed by atoms with Crippen LogP contribution in [0.2, 0.25) is 0 Å². The normalized spacial score (nSPS) is 16.2. The Bertz CT molecular complexity index is 1890. The molecule has 0 fully saturated rings. The monoisotopic (exact) mass is 544 g/mol. The lowest BCUT2D eigenvalue weighted by molar-refractivity contribution is 0.621. The van der Waals surface area contributed by atoms with Crippen LogP contribution in [0, 0.1) is 0 Å². The highest BCUT2D eigenvalue weighted by Crippen LogP contribution is 2.50. The number of fused-ring (bicyclic) bond motifs is 4. The predicted octanol–water partition coefficient (Wildman–Crippen LogP) is 9.31. The van der Waals surface area contributed by atoms with Crippen LogP contribution in [0.5, 0.6) is 0 Å². The van der Waals surface area contributed by atoms with Gasteiger partial charge < -0.3 is 5.73 Å². The molecule has 0 saturated heterocycles. The van der Waals surface area contributed by atoms with Crippen molar-refractivity contribution in [1.29, 1.82) is 0 Å². The zero-order valence-corrected chi connectivity index (χ0v) is 24.8. The number of benzene rings is 5. The highest BCUT2D eigenvalue weighted by molar-refractivity contribution is 6.01. The van der Waals surface area contributed by atoms with Crippen molar-refractivity contribution < 1.29 is 0 Å². The summed E-state index contributed by atoms with van der Waals surface area (Å²) in [6.45, 7) is 9.29. The first-order valence-electron chi connectivity index (χ1n) is 14.8. The Morgan fingerprint density at radius 2 is 1.14 bits per heavy atom. The Morgan fingerprint density at radius 1 is 0.571 bits per heavy atom. The van der Waals surface area contributed by atoms with Crippen molar-refractivity contribution in [3.8, 4) is 22.3 Å². The van der Waals surface area contributed by atoms with Gasteiger partial charge in [-0.15, -0.1) is 0 Å². The number of allylic oxidation sites excluding steroid dienone is 1. The van der Waals surface area contributed by atoms with E-state index in [1.807, 2.05) is 30.3 Å². The summed E-state index contributed by atoms with van der Waals surface area (Å²) in [6, 6.07) is 43.5. The molecule has 0 bridgehead atoms. The molecule has 5 aromatic carbocycles. The molecule has 0 aliphatic heterocycles. The Hall–Kier alpha value is -4.69. The number of nitrogens with two attached hydrogens (primary N) is 1. The highest BCUT2D eigenvalue weighted by Gasteiger charge is 2.38. The van der Waals surface area contributed by atoms with Crippen LogP contribution in [-0.2, 0) is 17.3 Å². The summed E-state index contributed by atoms with van der Waals surface area (Å²) in [7, 11) is 0. The van der Waals surface area contributed by atoms with Gasteiger partial charge in [-0.2, -0.15) is 0 Å². The number of nitrogens with zero attached hydrogens (tertiary/aromatic N) is 1. The van der Waals surface area contributed by atoms with Gasteiger partial charge in [-0.05, 0) is 62.6 Å². The van der Waals surface area contributed by atoms with E-state index < -0.39 is 0 Å². The SMILES string of the molecule is CC1(C)C(Cc2ccc(-c3ccc4c(c3)C(C)(C)c3ccccc3-4)cc2)=C(N=C(N)c2ccccc2)c2ccccc21. The zero-order chi connectivity index (χ0) is 29.1. The summed E-state index contributed by atoms with van der Waals surface area (Å²) in [5, 5.41) is 0. The summed E-state index contributed by atoms with van der Waals surface area (Å²) in [6.07, 6.45) is 0.815. The minimum Gasteiger partial charge on any atom is -0.383 e. The van der Waals surface area contributed by atoms with E-state index >= 15 is 0 Å². The van der Waals surface area contributed by atoms with E-state index in [9.17, 15) is 0 Å². The molecule has 2 nitrogen and oxygen atoms in total. The van der Waals surface area contributed by atoms with E-state index in [1.54, 1.807) is 0 Å². The molecule has 2 N–H and O–H groups in total. The smallest absolute Gasteiger partial charge is 0.131 e. The minimum absolute atomic E-state index is 0.00404. The van der Waals surface area contributed by atoms with Crippen LogP contribution in [0.1, 0.15) is 61.1 Å². The van der Waals surface area contributed by atoms with Gasteiger partial charge in [0.1, 0.15) is 5.84 Å². The molecule has 0 saturated carbocycles. The van der Waals surface area contributed by atoms with Crippen LogP contribution in [0.3, 0.4) is 0 Å². The molecule has 2 aliphatic rings. The lowest BCUT2D eigenvalue weighted by Crippen LogP contribution is -2.19. The van der Waals surface area contributed by atoms with Gasteiger partial charge >= 0.3 is 0 Å². The maximum absolute atomic E-state index is 6.56. The lowest BCUT2D eigenvalue weighted by atomic mass is 9.79. The van der Waals surface area contributed by atoms with E-state index in [2.05, 4.69) is 119 Å². The maximum atomic E-state index is 6.56. The molecular weight excluding hydrogens is 508 g/mol. The van der Waals surface area contributed by atoms with Gasteiger partial charge in [0, 0.05) is 22.0 Å². The van der Waals surface area contributed by atoms with Gasteiger partial charge in [-0.1, -0.05) is 143 Å². The van der Waals surface area contributed by atoms with E-state index in [-0.39, 0.29) is 10.8 Å². The van der Waals surface area contributed by atoms with Gasteiger partial charge in [-0.3, -0.25) is 0 Å². The van der Waals surface area contributed by atoms with Crippen LogP contribution < -0.4 is 5.73 Å². The fourth-order valence-electron chi connectivity index (χ4n) is 6.99. The average Bonchev–Trinajstić information content (AvgIpc) is 3.37. The molecular formula is C40H36N2. The molecule has 0 radical (unpaired) electrons. The third kappa shape index (κ3) is 4.13. The van der Waals surface area contributed by atoms with Gasteiger partial charge in [-0.25, -0.2) is 4.99 Å². The number of hydrogen-bond donors (Lipinski definition) is 1. The second-order valence-electron chi connectivity index (χ2n) is 12.7. The molecule has 0 amide bonds. The third-order valence-corrected chi connectivity index (χ3v) is 9.45. The van der Waals surface area contributed by atoms with Gasteiger partial charge in [0.25, 0.3) is 0 Å². The number of aliphatic imine (C=N–C) groups is 1. The number of rotatable bonds is 5. The Kier molecular flexibility index (Phi) is 6.06. The number of amidine groups is 1. The van der Waals surface area contributed by atoms with Crippen LogP contribution in [0.25, 0.3) is 28.0 Å². The molecule has 2 aliphatic carbocycles. The van der Waals surface area contributed by atoms with E-state index in [1.165, 1.54) is 55.6 Å². The quantitative estimate of drug-likeness (QED) is 0.174. The van der Waals surface area contributed by atoms with Crippen molar-refractivity contribution in [3.63, 3.8) is 0 Å². The molecule has 5 aromatic rings. The van der Waals surface area contributed by atoms with Gasteiger partial charge in [0.2, 0.25) is 0 Å². The van der Waals surface area contributed by atoms with E-state index in [0.29, 0.717) is 5.84 Å². The summed E-state index contributed by atoms with van der Waals surface area (Å²) < 4.78 is 0. The highest BCUT2D eigenvalue weighted by atomic mass is 14.9. The molecule has 206 valence electrons. The standard InChI is InChI=1S/C40H36N2/c1-39(2)33-16-10-8-14-30(33)31-23-22-29(25-35(31)39)27-20-18-26(19-21-27)24-36-37(42-38(41)28-12-6-5-7-13-28)32-15-9-11-17-34(32)40(36,3)4/h5-23,25H,24H2,1-4H3,(H2,41,42). The zero-order valence-electron chi connectivity index (χ0n) is 24.8. The second kappa shape index (κ2) is 9.70. The van der Waals surface area contributed by atoms with Crippen molar-refractivity contribution in [2.75, 3.05) is 0 Å². The first-order chi connectivity index (χ1) is 20.2. The molecule has 7 rings (SSSR count). The van der Waals surface area contributed by atoms with Crippen LogP contribution in [0.4, 0.5) is 0 Å². The molecule has 42 heavy (non-hydrogen) atoms. The Balaban J connectivity index is 1.23. The predicted molar refractivity (Wildman–Crippen MR) is 177 cm³/mol. The maximum Gasteiger partial charge on any atom is 0.131 e. The van der Waals surface area contributed by atoms with Gasteiger partial charge in [0.05, 0.1) is 5.70 Å². The summed E-state index contributed by atoms with van der Waals surface area (Å²) in [5.74, 6) is 0.549. The second-order valence-corrected chi connectivity index (χ2v) is 12.7. The Morgan fingerprint density at radius 3 is 1.86 bits per heavy atom. The molecule has 0 aromatic heterocycles. The number of hydrogen-bond acceptors (Lipinski definition) is 1. The van der Waals surface area contributed by atoms with Crippen molar-refractivity contribution in [2.24, 2.45) is 10.7 Å². The third-order valence-electron chi connectivity index (χ3n) is 9.45. The van der Waals surface area contributed by atoms with Crippen molar-refractivity contribution in [3.05, 3.63) is 160 Å². The fraction of sp³-hybridized carbons (Fsp3) is 0.175. The van der Waals surface area contributed by atoms with E-state index in [0.717, 1.165) is 17.7 Å². The fourth-order valence-corrected chi connectivity index (χ4v) is 6.99. The van der Waals surface area contributed by atoms with Gasteiger partial charge in [0.15, 0.2) is 0 Å². The average molecular weight is 545 g/mol.